The van der Waals surface area contributed by atoms with E-state index < -0.39 is 28.5 Å². The first kappa shape index (κ1) is 29.7. The van der Waals surface area contributed by atoms with Crippen molar-refractivity contribution < 1.29 is 22.7 Å². The SMILES string of the molecule is CCCNC(=O)C(CC)N(Cc1ccc(OC)cc1)C(=O)CN(c1ccccc1)S(=O)(=O)c1ccc(C)cc1. The van der Waals surface area contributed by atoms with Crippen molar-refractivity contribution in [2.75, 3.05) is 24.5 Å². The van der Waals surface area contributed by atoms with Crippen LogP contribution >= 0.6 is 0 Å². The van der Waals surface area contributed by atoms with Crippen LogP contribution in [0, 0.1) is 6.92 Å². The predicted octanol–water partition coefficient (Wildman–Crippen LogP) is 4.53. The second kappa shape index (κ2) is 13.8. The molecule has 0 saturated heterocycles. The number of nitrogens with zero attached hydrogens (tertiary/aromatic N) is 2. The Morgan fingerprint density at radius 3 is 2.13 bits per heavy atom. The molecule has 1 atom stereocenters. The summed E-state index contributed by atoms with van der Waals surface area (Å²) >= 11 is 0. The molecule has 1 unspecified atom stereocenters. The molecule has 3 aromatic carbocycles. The minimum Gasteiger partial charge on any atom is -0.497 e. The van der Waals surface area contributed by atoms with Crippen LogP contribution in [-0.2, 0) is 26.2 Å². The smallest absolute Gasteiger partial charge is 0.264 e. The van der Waals surface area contributed by atoms with Crippen LogP contribution in [0.3, 0.4) is 0 Å². The lowest BCUT2D eigenvalue weighted by atomic mass is 10.1. The third-order valence-corrected chi connectivity index (χ3v) is 8.17. The molecular weight excluding hydrogens is 514 g/mol. The average Bonchev–Trinajstić information content (AvgIpc) is 2.95. The Kier molecular flexibility index (Phi) is 10.5. The van der Waals surface area contributed by atoms with Gasteiger partial charge in [-0.15, -0.1) is 0 Å². The lowest BCUT2D eigenvalue weighted by molar-refractivity contribution is -0.140. The van der Waals surface area contributed by atoms with E-state index in [4.69, 9.17) is 4.74 Å². The number of aryl methyl sites for hydroxylation is 1. The quantitative estimate of drug-likeness (QED) is 0.337. The number of amides is 2. The zero-order chi connectivity index (χ0) is 28.4. The highest BCUT2D eigenvalue weighted by molar-refractivity contribution is 7.92. The van der Waals surface area contributed by atoms with Crippen molar-refractivity contribution in [3.8, 4) is 5.75 Å². The number of hydrogen-bond acceptors (Lipinski definition) is 5. The molecule has 8 nitrogen and oxygen atoms in total. The van der Waals surface area contributed by atoms with Crippen LogP contribution in [-0.4, -0.2) is 51.4 Å². The highest BCUT2D eigenvalue weighted by Gasteiger charge is 2.33. The first-order valence-electron chi connectivity index (χ1n) is 13.1. The zero-order valence-corrected chi connectivity index (χ0v) is 23.8. The molecule has 0 heterocycles. The van der Waals surface area contributed by atoms with E-state index in [1.165, 1.54) is 17.0 Å². The minimum atomic E-state index is -4.08. The highest BCUT2D eigenvalue weighted by Crippen LogP contribution is 2.25. The Balaban J connectivity index is 2.01. The van der Waals surface area contributed by atoms with Crippen LogP contribution < -0.4 is 14.4 Å². The van der Waals surface area contributed by atoms with Crippen LogP contribution in [0.25, 0.3) is 0 Å². The maximum absolute atomic E-state index is 14.0. The number of carbonyl (C=O) groups excluding carboxylic acids is 2. The van der Waals surface area contributed by atoms with Gasteiger partial charge in [0.15, 0.2) is 0 Å². The molecule has 3 aromatic rings. The third-order valence-electron chi connectivity index (χ3n) is 6.38. The molecule has 0 saturated carbocycles. The summed E-state index contributed by atoms with van der Waals surface area (Å²) in [5, 5.41) is 2.88. The summed E-state index contributed by atoms with van der Waals surface area (Å²) in [4.78, 5) is 28.6. The molecule has 0 spiro atoms. The van der Waals surface area contributed by atoms with Crippen molar-refractivity contribution in [1.29, 1.82) is 0 Å². The normalized spacial score (nSPS) is 11.9. The van der Waals surface area contributed by atoms with Crippen LogP contribution in [0.1, 0.15) is 37.8 Å². The number of sulfonamides is 1. The van der Waals surface area contributed by atoms with Gasteiger partial charge in [0.05, 0.1) is 17.7 Å². The van der Waals surface area contributed by atoms with E-state index in [0.29, 0.717) is 24.4 Å². The van der Waals surface area contributed by atoms with E-state index in [2.05, 4.69) is 5.32 Å². The zero-order valence-electron chi connectivity index (χ0n) is 23.0. The van der Waals surface area contributed by atoms with E-state index >= 15 is 0 Å². The first-order valence-corrected chi connectivity index (χ1v) is 14.5. The van der Waals surface area contributed by atoms with Crippen LogP contribution in [0.2, 0.25) is 0 Å². The van der Waals surface area contributed by atoms with Gasteiger partial charge in [-0.2, -0.15) is 0 Å². The average molecular weight is 552 g/mol. The molecule has 1 N–H and O–H groups in total. The fourth-order valence-corrected chi connectivity index (χ4v) is 5.59. The fraction of sp³-hybridized carbons (Fsp3) is 0.333. The number of rotatable bonds is 13. The topological polar surface area (TPSA) is 96.0 Å². The van der Waals surface area contributed by atoms with Crippen molar-refractivity contribution in [2.45, 2.75) is 51.1 Å². The molecular formula is C30H37N3O5S. The van der Waals surface area contributed by atoms with Gasteiger partial charge in [-0.25, -0.2) is 8.42 Å². The van der Waals surface area contributed by atoms with Gasteiger partial charge in [0.2, 0.25) is 11.8 Å². The first-order chi connectivity index (χ1) is 18.7. The summed E-state index contributed by atoms with van der Waals surface area (Å²) in [6, 6.07) is 21.5. The van der Waals surface area contributed by atoms with E-state index in [9.17, 15) is 18.0 Å². The number of nitrogens with one attached hydrogen (secondary N) is 1. The summed E-state index contributed by atoms with van der Waals surface area (Å²) in [6.45, 7) is 5.82. The molecule has 208 valence electrons. The molecule has 0 aliphatic heterocycles. The highest BCUT2D eigenvalue weighted by atomic mass is 32.2. The lowest BCUT2D eigenvalue weighted by Gasteiger charge is -2.33. The molecule has 2 amide bonds. The molecule has 0 bridgehead atoms. The number of ether oxygens (including phenoxy) is 1. The number of hydrogen-bond donors (Lipinski definition) is 1. The standard InChI is InChI=1S/C30H37N3O5S/c1-5-20-31-30(35)28(6-2)32(21-24-14-16-26(38-4)17-15-24)29(34)22-33(25-10-8-7-9-11-25)39(36,37)27-18-12-23(3)13-19-27/h7-19,28H,5-6,20-22H2,1-4H3,(H,31,35). The maximum Gasteiger partial charge on any atom is 0.264 e. The summed E-state index contributed by atoms with van der Waals surface area (Å²) in [5.41, 5.74) is 2.07. The van der Waals surface area contributed by atoms with Gasteiger partial charge in [0.25, 0.3) is 10.0 Å². The number of methoxy groups -OCH3 is 1. The van der Waals surface area contributed by atoms with Gasteiger partial charge in [-0.05, 0) is 61.7 Å². The molecule has 0 radical (unpaired) electrons. The Labute approximate surface area is 231 Å². The van der Waals surface area contributed by atoms with E-state index in [-0.39, 0.29) is 17.3 Å². The Morgan fingerprint density at radius 2 is 1.56 bits per heavy atom. The maximum atomic E-state index is 14.0. The summed E-state index contributed by atoms with van der Waals surface area (Å²) in [6.07, 6.45) is 1.12. The molecule has 39 heavy (non-hydrogen) atoms. The summed E-state index contributed by atoms with van der Waals surface area (Å²) in [7, 11) is -2.51. The second-order valence-electron chi connectivity index (χ2n) is 9.25. The number of anilines is 1. The number of carbonyl (C=O) groups is 2. The number of benzene rings is 3. The Hall–Kier alpha value is -3.85. The summed E-state index contributed by atoms with van der Waals surface area (Å²) in [5.74, 6) is -0.0819. The van der Waals surface area contributed by atoms with Gasteiger partial charge in [-0.1, -0.05) is 61.9 Å². The Morgan fingerprint density at radius 1 is 0.923 bits per heavy atom. The minimum absolute atomic E-state index is 0.0826. The molecule has 0 fully saturated rings. The second-order valence-corrected chi connectivity index (χ2v) is 11.1. The Bertz CT molecular complexity index is 1330. The molecule has 9 heteroatoms. The monoisotopic (exact) mass is 551 g/mol. The van der Waals surface area contributed by atoms with Gasteiger partial charge in [0, 0.05) is 13.1 Å². The van der Waals surface area contributed by atoms with Crippen molar-refractivity contribution in [3.05, 3.63) is 90.0 Å². The molecule has 3 rings (SSSR count). The van der Waals surface area contributed by atoms with Gasteiger partial charge >= 0.3 is 0 Å². The van der Waals surface area contributed by atoms with E-state index in [1.807, 2.05) is 32.9 Å². The van der Waals surface area contributed by atoms with Crippen molar-refractivity contribution in [3.63, 3.8) is 0 Å². The van der Waals surface area contributed by atoms with Crippen LogP contribution in [0.15, 0.2) is 83.8 Å². The molecule has 0 aromatic heterocycles. The fourth-order valence-electron chi connectivity index (χ4n) is 4.17. The lowest BCUT2D eigenvalue weighted by Crippen LogP contribution is -2.52. The largest absolute Gasteiger partial charge is 0.497 e. The third kappa shape index (κ3) is 7.60. The van der Waals surface area contributed by atoms with Gasteiger partial charge in [0.1, 0.15) is 18.3 Å². The molecule has 0 aliphatic carbocycles. The van der Waals surface area contributed by atoms with Crippen LogP contribution in [0.4, 0.5) is 5.69 Å². The van der Waals surface area contributed by atoms with E-state index in [0.717, 1.165) is 21.9 Å². The summed E-state index contributed by atoms with van der Waals surface area (Å²) < 4.78 is 34.0. The number of para-hydroxylation sites is 1. The van der Waals surface area contributed by atoms with Crippen molar-refractivity contribution in [1.82, 2.24) is 10.2 Å². The van der Waals surface area contributed by atoms with E-state index in [1.54, 1.807) is 61.7 Å². The predicted molar refractivity (Wildman–Crippen MR) is 153 cm³/mol. The van der Waals surface area contributed by atoms with Gasteiger partial charge < -0.3 is 15.0 Å². The van der Waals surface area contributed by atoms with Crippen molar-refractivity contribution >= 4 is 27.5 Å². The van der Waals surface area contributed by atoms with Gasteiger partial charge in [-0.3, -0.25) is 13.9 Å². The van der Waals surface area contributed by atoms with Crippen LogP contribution in [0.5, 0.6) is 5.75 Å². The van der Waals surface area contributed by atoms with Crippen molar-refractivity contribution in [2.24, 2.45) is 0 Å². The molecule has 0 aliphatic rings.